The topological polar surface area (TPSA) is 96.0 Å². The van der Waals surface area contributed by atoms with Gasteiger partial charge in [-0.05, 0) is 11.9 Å². The quantitative estimate of drug-likeness (QED) is 0.460. The van der Waals surface area contributed by atoms with Crippen LogP contribution in [-0.2, 0) is 41.8 Å². The second kappa shape index (κ2) is 7.21. The fourth-order valence-corrected chi connectivity index (χ4v) is 1.60. The first-order valence-electron chi connectivity index (χ1n) is 5.71. The van der Waals surface area contributed by atoms with Gasteiger partial charge in [0, 0.05) is 20.2 Å². The number of benzene rings is 1. The van der Waals surface area contributed by atoms with Gasteiger partial charge in [0.2, 0.25) is 0 Å². The molecule has 0 spiro atoms. The predicted molar refractivity (Wildman–Crippen MR) is 69.3 cm³/mol. The third-order valence-electron chi connectivity index (χ3n) is 2.67. The molecule has 0 aromatic heterocycles. The molecule has 2 heterocycles. The van der Waals surface area contributed by atoms with E-state index in [2.05, 4.69) is 16.0 Å². The zero-order chi connectivity index (χ0) is 14.7. The van der Waals surface area contributed by atoms with Crippen molar-refractivity contribution in [3.63, 3.8) is 0 Å². The van der Waals surface area contributed by atoms with E-state index in [-0.39, 0.29) is 39.1 Å². The van der Waals surface area contributed by atoms with Gasteiger partial charge in [0.15, 0.2) is 5.82 Å². The van der Waals surface area contributed by atoms with Crippen molar-refractivity contribution in [2.24, 2.45) is 14.1 Å². The summed E-state index contributed by atoms with van der Waals surface area (Å²) in [6.45, 7) is 0. The van der Waals surface area contributed by atoms with Crippen molar-refractivity contribution in [1.82, 2.24) is 19.1 Å². The molecular weight excluding hydrogens is 461 g/mol. The Morgan fingerprint density at radius 3 is 2.48 bits per heavy atom. The fourth-order valence-electron chi connectivity index (χ4n) is 1.60. The standard InChI is InChI=1S/C7H8N4O2.C6H5O.Hg/c1-10-5-4(8-3-9-5)6(12)11(2)7(10)13;7-6-4-2-1-3-5-6;/h3,12H,1-2H3;1-4,7H;/q;;+1/p-1. The molecule has 0 unspecified atom stereocenters. The molecule has 1 N–H and O–H groups in total. The zero-order valence-corrected chi connectivity index (χ0v) is 17.1. The molecule has 0 bridgehead atoms. The molecule has 2 aliphatic heterocycles. The molecule has 7 nitrogen and oxygen atoms in total. The number of aromatic hydroxyl groups is 1. The summed E-state index contributed by atoms with van der Waals surface area (Å²) < 4.78 is 2.31. The van der Waals surface area contributed by atoms with Gasteiger partial charge in [-0.25, -0.2) is 14.8 Å². The maximum Gasteiger partial charge on any atom is 1.00 e. The molecule has 3 rings (SSSR count). The minimum atomic E-state index is -0.407. The van der Waals surface area contributed by atoms with E-state index in [9.17, 15) is 9.90 Å². The first-order valence-corrected chi connectivity index (χ1v) is 5.71. The molecule has 0 saturated carbocycles. The van der Waals surface area contributed by atoms with Crippen LogP contribution < -0.4 is 10.8 Å². The Labute approximate surface area is 141 Å². The summed E-state index contributed by atoms with van der Waals surface area (Å²) in [6, 6.07) is 9.39. The van der Waals surface area contributed by atoms with Gasteiger partial charge >= 0.3 is 33.4 Å². The molecule has 1 aromatic rings. The first kappa shape index (κ1) is 17.2. The Hall–Kier alpha value is -1.89. The number of nitrogens with zero attached hydrogens (tertiary/aromatic N) is 4. The van der Waals surface area contributed by atoms with Crippen LogP contribution in [0.25, 0.3) is 11.5 Å². The van der Waals surface area contributed by atoms with E-state index in [0.717, 1.165) is 4.57 Å². The Balaban J connectivity index is 0.000000236. The Kier molecular flexibility index (Phi) is 5.89. The molecule has 0 amide bonds. The molecule has 8 heteroatoms. The van der Waals surface area contributed by atoms with Gasteiger partial charge in [-0.3, -0.25) is 4.57 Å². The van der Waals surface area contributed by atoms with Crippen molar-refractivity contribution in [2.45, 2.75) is 0 Å². The largest absolute Gasteiger partial charge is 1.00 e. The van der Waals surface area contributed by atoms with Crippen LogP contribution in [0.3, 0.4) is 0 Å². The maximum absolute atomic E-state index is 11.4. The molecule has 2 aliphatic rings. The van der Waals surface area contributed by atoms with E-state index >= 15 is 0 Å². The van der Waals surface area contributed by atoms with E-state index in [1.54, 1.807) is 31.3 Å². The molecular formula is C13H12HgN4O3. The first-order chi connectivity index (χ1) is 9.52. The van der Waals surface area contributed by atoms with E-state index in [1.807, 2.05) is 0 Å². The molecule has 0 atom stereocenters. The van der Waals surface area contributed by atoms with Crippen molar-refractivity contribution < 1.29 is 37.9 Å². The number of aromatic nitrogens is 4. The van der Waals surface area contributed by atoms with Crippen LogP contribution in [0.2, 0.25) is 0 Å². The summed E-state index contributed by atoms with van der Waals surface area (Å²) >= 11 is 0. The fraction of sp³-hybridized carbons (Fsp3) is 0.154. The van der Waals surface area contributed by atoms with Crippen molar-refractivity contribution in [3.05, 3.63) is 47.1 Å². The van der Waals surface area contributed by atoms with Crippen LogP contribution in [0.15, 0.2) is 35.4 Å². The number of fused-ring (bicyclic) bond motifs is 1. The van der Waals surface area contributed by atoms with E-state index in [0.29, 0.717) is 5.82 Å². The van der Waals surface area contributed by atoms with Crippen molar-refractivity contribution in [2.75, 3.05) is 0 Å². The van der Waals surface area contributed by atoms with E-state index < -0.39 is 11.6 Å². The molecule has 0 fully saturated rings. The summed E-state index contributed by atoms with van der Waals surface area (Å²) in [5.41, 5.74) is -0.164. The Bertz CT molecular complexity index is 739. The zero-order valence-electron chi connectivity index (χ0n) is 11.6. The minimum absolute atomic E-state index is 0. The summed E-state index contributed by atoms with van der Waals surface area (Å²) in [7, 11) is 2.97. The van der Waals surface area contributed by atoms with Gasteiger partial charge in [0.05, 0.1) is 0 Å². The second-order valence-electron chi connectivity index (χ2n) is 4.00. The van der Waals surface area contributed by atoms with Crippen LogP contribution in [0.4, 0.5) is 0 Å². The number of hydrogen-bond acceptors (Lipinski definition) is 5. The van der Waals surface area contributed by atoms with Gasteiger partial charge in [0.1, 0.15) is 17.8 Å². The number of phenolic OH excluding ortho intramolecular Hbond substituents is 1. The Morgan fingerprint density at radius 2 is 1.95 bits per heavy atom. The van der Waals surface area contributed by atoms with Gasteiger partial charge in [-0.2, -0.15) is 0 Å². The van der Waals surface area contributed by atoms with Crippen LogP contribution in [0.1, 0.15) is 0 Å². The van der Waals surface area contributed by atoms with Crippen molar-refractivity contribution >= 4 is 0 Å². The van der Waals surface area contributed by atoms with Crippen LogP contribution in [-0.4, -0.2) is 24.2 Å². The van der Waals surface area contributed by atoms with Crippen LogP contribution in [0, 0.1) is 6.07 Å². The third kappa shape index (κ3) is 3.60. The van der Waals surface area contributed by atoms with Crippen molar-refractivity contribution in [3.8, 4) is 23.1 Å². The number of para-hydroxylation sites is 1. The molecule has 21 heavy (non-hydrogen) atoms. The van der Waals surface area contributed by atoms with Gasteiger partial charge in [0.25, 0.3) is 0 Å². The van der Waals surface area contributed by atoms with E-state index in [1.165, 1.54) is 17.9 Å². The number of imidazole rings is 1. The average Bonchev–Trinajstić information content (AvgIpc) is 2.94. The molecule has 1 aromatic carbocycles. The van der Waals surface area contributed by atoms with Gasteiger partial charge < -0.3 is 14.8 Å². The predicted octanol–water partition coefficient (Wildman–Crippen LogP) is -0.118. The molecule has 0 aliphatic carbocycles. The third-order valence-corrected chi connectivity index (χ3v) is 2.67. The second-order valence-corrected chi connectivity index (χ2v) is 4.00. The van der Waals surface area contributed by atoms with Crippen molar-refractivity contribution in [1.29, 1.82) is 0 Å². The normalized spacial score (nSPS) is 9.62. The average molecular weight is 473 g/mol. The molecule has 2 radical (unpaired) electrons. The van der Waals surface area contributed by atoms with Gasteiger partial charge in [-0.1, -0.05) is 18.2 Å². The monoisotopic (exact) mass is 474 g/mol. The van der Waals surface area contributed by atoms with Crippen LogP contribution in [0.5, 0.6) is 11.6 Å². The van der Waals surface area contributed by atoms with E-state index in [4.69, 9.17) is 5.11 Å². The summed E-state index contributed by atoms with van der Waals surface area (Å²) in [5.74, 6) is 0.117. The van der Waals surface area contributed by atoms with Crippen LogP contribution >= 0.6 is 0 Å². The Morgan fingerprint density at radius 1 is 1.24 bits per heavy atom. The summed E-state index contributed by atoms with van der Waals surface area (Å²) in [5, 5.41) is 20.0. The summed E-state index contributed by atoms with van der Waals surface area (Å²) in [4.78, 5) is 19.0. The number of hydrogen-bond donors (Lipinski definition) is 1. The summed E-state index contributed by atoms with van der Waals surface area (Å²) in [6.07, 6.45) is 1.27. The smallest absolute Gasteiger partial charge is 0.858 e. The van der Waals surface area contributed by atoms with Gasteiger partial charge in [-0.15, -0.1) is 0 Å². The maximum atomic E-state index is 11.4. The number of phenols is 1. The SMILES string of the molecule is Cn1c2ncnc-2c([O-])n(C)c1=O.Oc1[c]cccc1.[Hg+]. The number of rotatable bonds is 0. The molecule has 104 valence electrons. The molecule has 0 saturated heterocycles. The minimum Gasteiger partial charge on any atom is -0.858 e.